The summed E-state index contributed by atoms with van der Waals surface area (Å²) in [7, 11) is 6.12. The predicted molar refractivity (Wildman–Crippen MR) is 120 cm³/mol. The molecule has 1 aliphatic rings. The molecule has 1 saturated heterocycles. The van der Waals surface area contributed by atoms with Gasteiger partial charge in [0, 0.05) is 37.6 Å². The number of aliphatic imine (C=N–C) groups is 1. The number of rotatable bonds is 7. The summed E-state index contributed by atoms with van der Waals surface area (Å²) in [6.07, 6.45) is 3.64. The fraction of sp³-hybridized carbons (Fsp3) is 0.722. The van der Waals surface area contributed by atoms with Crippen molar-refractivity contribution in [1.82, 2.24) is 20.4 Å². The summed E-state index contributed by atoms with van der Waals surface area (Å²) in [5.74, 6) is 0.923. The van der Waals surface area contributed by atoms with Crippen LogP contribution in [0.2, 0.25) is 0 Å². The Labute approximate surface area is 174 Å². The van der Waals surface area contributed by atoms with E-state index in [1.165, 1.54) is 43.8 Å². The van der Waals surface area contributed by atoms with Crippen molar-refractivity contribution in [3.8, 4) is 0 Å². The van der Waals surface area contributed by atoms with Crippen LogP contribution in [-0.4, -0.2) is 69.1 Å². The summed E-state index contributed by atoms with van der Waals surface area (Å²) >= 11 is 1.81. The Kier molecular flexibility index (Phi) is 11.0. The van der Waals surface area contributed by atoms with E-state index in [1.54, 1.807) is 0 Å². The average Bonchev–Trinajstić information content (AvgIpc) is 3.09. The highest BCUT2D eigenvalue weighted by molar-refractivity contribution is 14.0. The van der Waals surface area contributed by atoms with Gasteiger partial charge in [-0.25, -0.2) is 0 Å². The molecule has 1 atom stereocenters. The number of likely N-dealkylation sites (N-methyl/N-ethyl adjacent to an activating group) is 1. The normalized spacial score (nSPS) is 18.0. The Hall–Kier alpha value is -0.380. The van der Waals surface area contributed by atoms with Crippen LogP contribution in [-0.2, 0) is 0 Å². The Bertz CT molecular complexity index is 484. The highest BCUT2D eigenvalue weighted by Crippen LogP contribution is 2.22. The molecule has 0 aromatic carbocycles. The second kappa shape index (κ2) is 12.1. The molecule has 0 amide bonds. The van der Waals surface area contributed by atoms with Gasteiger partial charge in [0.1, 0.15) is 0 Å². The van der Waals surface area contributed by atoms with Crippen molar-refractivity contribution in [1.29, 1.82) is 0 Å². The van der Waals surface area contributed by atoms with Gasteiger partial charge in [0.15, 0.2) is 5.96 Å². The van der Waals surface area contributed by atoms with Gasteiger partial charge in [0.2, 0.25) is 0 Å². The van der Waals surface area contributed by atoms with Gasteiger partial charge in [0.05, 0.1) is 6.04 Å². The molecular weight excluding hydrogens is 445 g/mol. The van der Waals surface area contributed by atoms with Crippen molar-refractivity contribution < 1.29 is 0 Å². The van der Waals surface area contributed by atoms with Gasteiger partial charge in [0.25, 0.3) is 0 Å². The van der Waals surface area contributed by atoms with E-state index < -0.39 is 0 Å². The van der Waals surface area contributed by atoms with Crippen LogP contribution in [0.4, 0.5) is 0 Å². The predicted octanol–water partition coefficient (Wildman–Crippen LogP) is 3.01. The smallest absolute Gasteiger partial charge is 0.191 e. The van der Waals surface area contributed by atoms with Gasteiger partial charge in [-0.05, 0) is 51.3 Å². The zero-order chi connectivity index (χ0) is 17.4. The molecule has 7 heteroatoms. The highest BCUT2D eigenvalue weighted by atomic mass is 127. The molecule has 144 valence electrons. The maximum absolute atomic E-state index is 4.42. The SMILES string of the molecule is CCCN1CCC(NC(=NC)NCC(c2cccs2)N(C)C)CC1.I. The van der Waals surface area contributed by atoms with E-state index in [1.807, 2.05) is 18.4 Å². The third kappa shape index (κ3) is 7.40. The minimum atomic E-state index is 0. The summed E-state index contributed by atoms with van der Waals surface area (Å²) in [6, 6.07) is 5.23. The molecule has 2 N–H and O–H groups in total. The van der Waals surface area contributed by atoms with E-state index in [9.17, 15) is 0 Å². The van der Waals surface area contributed by atoms with Crippen molar-refractivity contribution in [2.75, 3.05) is 47.3 Å². The fourth-order valence-corrected chi connectivity index (χ4v) is 4.14. The molecule has 2 rings (SSSR count). The number of nitrogens with zero attached hydrogens (tertiary/aromatic N) is 3. The van der Waals surface area contributed by atoms with Crippen molar-refractivity contribution in [3.05, 3.63) is 22.4 Å². The maximum atomic E-state index is 4.42. The molecular formula is C18H34IN5S. The van der Waals surface area contributed by atoms with Crippen molar-refractivity contribution in [2.24, 2.45) is 4.99 Å². The van der Waals surface area contributed by atoms with Crippen LogP contribution in [0, 0.1) is 0 Å². The van der Waals surface area contributed by atoms with Gasteiger partial charge in [-0.1, -0.05) is 13.0 Å². The Morgan fingerprint density at radius 1 is 1.40 bits per heavy atom. The lowest BCUT2D eigenvalue weighted by molar-refractivity contribution is 0.206. The first-order chi connectivity index (χ1) is 11.6. The molecule has 0 bridgehead atoms. The second-order valence-corrected chi connectivity index (χ2v) is 7.69. The molecule has 1 unspecified atom stereocenters. The van der Waals surface area contributed by atoms with E-state index in [2.05, 4.69) is 64.0 Å². The quantitative estimate of drug-likeness (QED) is 0.359. The summed E-state index contributed by atoms with van der Waals surface area (Å²) in [5, 5.41) is 9.26. The third-order valence-corrected chi connectivity index (χ3v) is 5.62. The Balaban J connectivity index is 0.00000312. The van der Waals surface area contributed by atoms with Crippen LogP contribution in [0.25, 0.3) is 0 Å². The molecule has 2 heterocycles. The fourth-order valence-electron chi connectivity index (χ4n) is 3.22. The minimum absolute atomic E-state index is 0. The number of thiophene rings is 1. The number of guanidine groups is 1. The zero-order valence-corrected chi connectivity index (χ0v) is 19.1. The van der Waals surface area contributed by atoms with E-state index in [0.717, 1.165) is 12.5 Å². The van der Waals surface area contributed by atoms with Crippen LogP contribution in [0.15, 0.2) is 22.5 Å². The van der Waals surface area contributed by atoms with Crippen LogP contribution in [0.3, 0.4) is 0 Å². The summed E-state index contributed by atoms with van der Waals surface area (Å²) in [4.78, 5) is 10.6. The number of halogens is 1. The first kappa shape index (κ1) is 22.7. The largest absolute Gasteiger partial charge is 0.354 e. The molecule has 0 spiro atoms. The van der Waals surface area contributed by atoms with Gasteiger partial charge in [-0.3, -0.25) is 4.99 Å². The third-order valence-electron chi connectivity index (χ3n) is 4.65. The lowest BCUT2D eigenvalue weighted by atomic mass is 10.1. The van der Waals surface area contributed by atoms with Crippen molar-refractivity contribution in [3.63, 3.8) is 0 Å². The first-order valence-corrected chi connectivity index (χ1v) is 9.91. The molecule has 1 fully saturated rings. The molecule has 25 heavy (non-hydrogen) atoms. The summed E-state index contributed by atoms with van der Waals surface area (Å²) < 4.78 is 0. The standard InChI is InChI=1S/C18H33N5S.HI/c1-5-10-23-11-8-15(9-12-23)21-18(19-2)20-14-16(22(3)4)17-7-6-13-24-17;/h6-7,13,15-16H,5,8-12,14H2,1-4H3,(H2,19,20,21);1H. The molecule has 1 aliphatic heterocycles. The number of likely N-dealkylation sites (tertiary alicyclic amines) is 1. The number of hydrogen-bond acceptors (Lipinski definition) is 4. The maximum Gasteiger partial charge on any atom is 0.191 e. The van der Waals surface area contributed by atoms with Crippen molar-refractivity contribution >= 4 is 41.3 Å². The number of piperidine rings is 1. The van der Waals surface area contributed by atoms with Crippen LogP contribution >= 0.6 is 35.3 Å². The first-order valence-electron chi connectivity index (χ1n) is 9.03. The van der Waals surface area contributed by atoms with Crippen LogP contribution in [0.5, 0.6) is 0 Å². The average molecular weight is 479 g/mol. The summed E-state index contributed by atoms with van der Waals surface area (Å²) in [6.45, 7) is 6.73. The zero-order valence-electron chi connectivity index (χ0n) is 16.0. The van der Waals surface area contributed by atoms with Crippen LogP contribution < -0.4 is 10.6 Å². The van der Waals surface area contributed by atoms with E-state index in [0.29, 0.717) is 12.1 Å². The molecule has 1 aromatic heterocycles. The highest BCUT2D eigenvalue weighted by Gasteiger charge is 2.20. The van der Waals surface area contributed by atoms with E-state index >= 15 is 0 Å². The Morgan fingerprint density at radius 3 is 2.64 bits per heavy atom. The molecule has 0 aliphatic carbocycles. The van der Waals surface area contributed by atoms with E-state index in [4.69, 9.17) is 0 Å². The molecule has 0 saturated carbocycles. The molecule has 0 radical (unpaired) electrons. The van der Waals surface area contributed by atoms with Gasteiger partial charge >= 0.3 is 0 Å². The van der Waals surface area contributed by atoms with E-state index in [-0.39, 0.29) is 24.0 Å². The van der Waals surface area contributed by atoms with Gasteiger partial charge in [-0.15, -0.1) is 35.3 Å². The lowest BCUT2D eigenvalue weighted by Gasteiger charge is -2.33. The number of nitrogens with one attached hydrogen (secondary N) is 2. The molecule has 5 nitrogen and oxygen atoms in total. The van der Waals surface area contributed by atoms with Crippen molar-refractivity contribution in [2.45, 2.75) is 38.3 Å². The Morgan fingerprint density at radius 2 is 2.12 bits per heavy atom. The minimum Gasteiger partial charge on any atom is -0.354 e. The second-order valence-electron chi connectivity index (χ2n) is 6.71. The lowest BCUT2D eigenvalue weighted by Crippen LogP contribution is -2.49. The summed E-state index contributed by atoms with van der Waals surface area (Å²) in [5.41, 5.74) is 0. The number of hydrogen-bond donors (Lipinski definition) is 2. The van der Waals surface area contributed by atoms with Crippen LogP contribution in [0.1, 0.15) is 37.1 Å². The molecule has 1 aromatic rings. The monoisotopic (exact) mass is 479 g/mol. The van der Waals surface area contributed by atoms with Gasteiger partial charge < -0.3 is 20.4 Å². The topological polar surface area (TPSA) is 42.9 Å². The van der Waals surface area contributed by atoms with Gasteiger partial charge in [-0.2, -0.15) is 0 Å².